The third-order valence-electron chi connectivity index (χ3n) is 6.36. The van der Waals surface area contributed by atoms with E-state index < -0.39 is 19.8 Å². The van der Waals surface area contributed by atoms with E-state index in [-0.39, 0.29) is 25.4 Å². The first-order chi connectivity index (χ1) is 19.7. The number of nitrogens with two attached hydrogens (primary N) is 1. The number of para-hydroxylation sites is 2. The number of aromatic nitrogens is 3. The molecule has 41 heavy (non-hydrogen) atoms. The lowest BCUT2D eigenvalue weighted by Gasteiger charge is -2.26. The lowest BCUT2D eigenvalue weighted by Crippen LogP contribution is -2.36. The van der Waals surface area contributed by atoms with Crippen LogP contribution in [0, 0.1) is 0 Å². The fraction of sp³-hybridized carbons (Fsp3) is 0.414. The normalized spacial score (nSPS) is 14.7. The van der Waals surface area contributed by atoms with E-state index in [1.807, 2.05) is 48.7 Å². The number of esters is 1. The first-order valence-electron chi connectivity index (χ1n) is 13.8. The second kappa shape index (κ2) is 13.4. The molecular formula is C29H38N5O6P. The summed E-state index contributed by atoms with van der Waals surface area (Å²) in [6, 6.07) is 15.1. The van der Waals surface area contributed by atoms with Gasteiger partial charge in [0.1, 0.15) is 29.7 Å². The van der Waals surface area contributed by atoms with Crippen LogP contribution in [0.5, 0.6) is 5.75 Å². The minimum Gasteiger partial charge on any atom is -0.462 e. The number of carbonyl (C=O) groups is 1. The van der Waals surface area contributed by atoms with E-state index in [1.54, 1.807) is 45.0 Å². The lowest BCUT2D eigenvalue weighted by atomic mass is 10.1. The molecule has 0 saturated carbocycles. The number of rotatable bonds is 14. The van der Waals surface area contributed by atoms with E-state index >= 15 is 0 Å². The van der Waals surface area contributed by atoms with Crippen molar-refractivity contribution in [2.75, 3.05) is 18.9 Å². The quantitative estimate of drug-likeness (QED) is 0.138. The Morgan fingerprint density at radius 3 is 2.44 bits per heavy atom. The van der Waals surface area contributed by atoms with Crippen molar-refractivity contribution in [1.29, 1.82) is 0 Å². The predicted octanol–water partition coefficient (Wildman–Crippen LogP) is 5.79. The number of nitrogens with zero attached hydrogens (tertiary/aromatic N) is 3. The highest BCUT2D eigenvalue weighted by Crippen LogP contribution is 2.46. The van der Waals surface area contributed by atoms with Crippen LogP contribution in [0.4, 0.5) is 5.82 Å². The SMILES string of the molecule is CCOCc1nc2c(N)nc3ccccc3c2n1[C@@H](CC)CO[P@@](=O)(N[C@@H](C)C(=O)OC(C)C)Oc1ccccc1. The van der Waals surface area contributed by atoms with E-state index in [4.69, 9.17) is 29.2 Å². The molecule has 0 radical (unpaired) electrons. The highest BCUT2D eigenvalue weighted by Gasteiger charge is 2.34. The maximum absolute atomic E-state index is 14.1. The van der Waals surface area contributed by atoms with Gasteiger partial charge in [0, 0.05) is 12.0 Å². The van der Waals surface area contributed by atoms with Crippen LogP contribution >= 0.6 is 7.75 Å². The van der Waals surface area contributed by atoms with Gasteiger partial charge in [0.2, 0.25) is 0 Å². The number of hydrogen-bond acceptors (Lipinski definition) is 9. The van der Waals surface area contributed by atoms with Gasteiger partial charge >= 0.3 is 13.7 Å². The average molecular weight is 584 g/mol. The van der Waals surface area contributed by atoms with Gasteiger partial charge < -0.3 is 24.3 Å². The van der Waals surface area contributed by atoms with E-state index in [0.717, 1.165) is 16.4 Å². The number of hydrogen-bond donors (Lipinski definition) is 2. The zero-order valence-electron chi connectivity index (χ0n) is 24.1. The molecule has 3 N–H and O–H groups in total. The Kier molecular flexibility index (Phi) is 9.99. The second-order valence-electron chi connectivity index (χ2n) is 9.84. The first kappa shape index (κ1) is 30.5. The molecule has 12 heteroatoms. The zero-order chi connectivity index (χ0) is 29.6. The van der Waals surface area contributed by atoms with Crippen LogP contribution in [0.1, 0.15) is 52.9 Å². The predicted molar refractivity (Wildman–Crippen MR) is 159 cm³/mol. The van der Waals surface area contributed by atoms with Gasteiger partial charge in [-0.05, 0) is 52.3 Å². The van der Waals surface area contributed by atoms with Crippen molar-refractivity contribution in [3.63, 3.8) is 0 Å². The lowest BCUT2D eigenvalue weighted by molar-refractivity contribution is -0.149. The molecule has 0 amide bonds. The molecule has 0 aliphatic carbocycles. The van der Waals surface area contributed by atoms with Gasteiger partial charge in [-0.3, -0.25) is 9.32 Å². The van der Waals surface area contributed by atoms with Crippen molar-refractivity contribution in [2.24, 2.45) is 0 Å². The van der Waals surface area contributed by atoms with Crippen LogP contribution in [0.2, 0.25) is 0 Å². The summed E-state index contributed by atoms with van der Waals surface area (Å²) in [5.74, 6) is 0.711. The van der Waals surface area contributed by atoms with E-state index in [0.29, 0.717) is 35.9 Å². The van der Waals surface area contributed by atoms with E-state index in [9.17, 15) is 9.36 Å². The summed E-state index contributed by atoms with van der Waals surface area (Å²) in [4.78, 5) is 21.9. The van der Waals surface area contributed by atoms with Gasteiger partial charge in [-0.2, -0.15) is 5.09 Å². The summed E-state index contributed by atoms with van der Waals surface area (Å²) in [5, 5.41) is 3.63. The summed E-state index contributed by atoms with van der Waals surface area (Å²) >= 11 is 0. The minimum absolute atomic E-state index is 0.0271. The molecule has 0 bridgehead atoms. The molecule has 2 aromatic heterocycles. The number of pyridine rings is 1. The average Bonchev–Trinajstić information content (AvgIpc) is 3.32. The molecule has 0 spiro atoms. The van der Waals surface area contributed by atoms with Crippen LogP contribution < -0.4 is 15.3 Å². The highest BCUT2D eigenvalue weighted by molar-refractivity contribution is 7.52. The van der Waals surface area contributed by atoms with Crippen LogP contribution in [-0.4, -0.2) is 45.9 Å². The fourth-order valence-corrected chi connectivity index (χ4v) is 5.98. The van der Waals surface area contributed by atoms with Gasteiger partial charge in [0.15, 0.2) is 5.82 Å². The monoisotopic (exact) mass is 583 g/mol. The summed E-state index contributed by atoms with van der Waals surface area (Å²) in [5.41, 5.74) is 8.42. The molecule has 0 aliphatic rings. The number of fused-ring (bicyclic) bond motifs is 3. The van der Waals surface area contributed by atoms with Crippen LogP contribution in [0.3, 0.4) is 0 Å². The molecule has 0 fully saturated rings. The number of imidazole rings is 1. The van der Waals surface area contributed by atoms with Gasteiger partial charge in [0.25, 0.3) is 0 Å². The number of nitrogens with one attached hydrogen (secondary N) is 1. The highest BCUT2D eigenvalue weighted by atomic mass is 31.2. The van der Waals surface area contributed by atoms with Crippen molar-refractivity contribution < 1.29 is 27.9 Å². The second-order valence-corrected chi connectivity index (χ2v) is 11.5. The molecule has 220 valence electrons. The van der Waals surface area contributed by atoms with Gasteiger partial charge in [-0.25, -0.2) is 14.5 Å². The van der Waals surface area contributed by atoms with Crippen molar-refractivity contribution in [1.82, 2.24) is 19.6 Å². The summed E-state index contributed by atoms with van der Waals surface area (Å²) in [7, 11) is -4.07. The molecule has 3 atom stereocenters. The molecule has 4 rings (SSSR count). The maximum atomic E-state index is 14.1. The van der Waals surface area contributed by atoms with Crippen molar-refractivity contribution >= 4 is 41.5 Å². The Bertz CT molecular complexity index is 1530. The molecule has 2 aromatic carbocycles. The third-order valence-corrected chi connectivity index (χ3v) is 8.01. The van der Waals surface area contributed by atoms with E-state index in [2.05, 4.69) is 10.1 Å². The third kappa shape index (κ3) is 7.23. The van der Waals surface area contributed by atoms with Gasteiger partial charge in [-0.15, -0.1) is 0 Å². The topological polar surface area (TPSA) is 140 Å². The first-order valence-corrected chi connectivity index (χ1v) is 15.3. The molecule has 11 nitrogen and oxygen atoms in total. The van der Waals surface area contributed by atoms with Gasteiger partial charge in [-0.1, -0.05) is 43.3 Å². The Labute approximate surface area is 239 Å². The molecular weight excluding hydrogens is 545 g/mol. The smallest absolute Gasteiger partial charge is 0.459 e. The summed E-state index contributed by atoms with van der Waals surface area (Å²) in [6.07, 6.45) is 0.263. The standard InChI is InChI=1S/C29H38N5O6P/c1-6-21(17-38-41(36,40-22-13-9-8-10-14-22)33-20(5)29(35)39-19(3)4)34-25(18-37-7-2)32-26-27(34)23-15-11-12-16-24(23)31-28(26)30/h8-16,19-21H,6-7,17-18H2,1-5H3,(H2,30,31)(H,33,36)/t20-,21-,41-/m0/s1. The Morgan fingerprint density at radius 2 is 1.76 bits per heavy atom. The largest absolute Gasteiger partial charge is 0.462 e. The maximum Gasteiger partial charge on any atom is 0.459 e. The van der Waals surface area contributed by atoms with Crippen LogP contribution in [-0.2, 0) is 30.0 Å². The Morgan fingerprint density at radius 1 is 1.05 bits per heavy atom. The summed E-state index contributed by atoms with van der Waals surface area (Å²) in [6.45, 7) is 9.66. The fourth-order valence-electron chi connectivity index (χ4n) is 4.45. The van der Waals surface area contributed by atoms with E-state index in [1.165, 1.54) is 0 Å². The van der Waals surface area contributed by atoms with Crippen molar-refractivity contribution in [2.45, 2.75) is 65.8 Å². The molecule has 4 aromatic rings. The molecule has 2 heterocycles. The minimum atomic E-state index is -4.07. The molecule has 0 saturated heterocycles. The molecule has 0 unspecified atom stereocenters. The van der Waals surface area contributed by atoms with Crippen molar-refractivity contribution in [3.05, 3.63) is 60.4 Å². The molecule has 0 aliphatic heterocycles. The van der Waals surface area contributed by atoms with Crippen molar-refractivity contribution in [3.8, 4) is 5.75 Å². The van der Waals surface area contributed by atoms with Crippen LogP contribution in [0.15, 0.2) is 54.6 Å². The number of benzene rings is 2. The van der Waals surface area contributed by atoms with Crippen LogP contribution in [0.25, 0.3) is 21.9 Å². The summed E-state index contributed by atoms with van der Waals surface area (Å²) < 4.78 is 39.1. The number of nitrogen functional groups attached to an aromatic ring is 1. The van der Waals surface area contributed by atoms with Gasteiger partial charge in [0.05, 0.1) is 29.8 Å². The zero-order valence-corrected chi connectivity index (χ0v) is 25.0. The Hall–Kier alpha value is -3.50. The number of ether oxygens (including phenoxy) is 2. The Balaban J connectivity index is 1.72. The number of anilines is 1. The number of carbonyl (C=O) groups excluding carboxylic acids is 1.